The highest BCUT2D eigenvalue weighted by molar-refractivity contribution is 5.91. The number of benzene rings is 12. The first-order chi connectivity index (χ1) is 37.2. The molecular weight excluding hydrogens is 905 g/mol. The van der Waals surface area contributed by atoms with Gasteiger partial charge in [0.2, 0.25) is 0 Å². The molecule has 0 amide bonds. The van der Waals surface area contributed by atoms with Crippen molar-refractivity contribution in [1.29, 1.82) is 0 Å². The maximum absolute atomic E-state index is 2.36. The quantitative estimate of drug-likeness (QED) is 0.120. The van der Waals surface area contributed by atoms with Crippen LogP contribution < -0.4 is 9.80 Å². The third-order valence-corrected chi connectivity index (χ3v) is 14.8. The van der Waals surface area contributed by atoms with Crippen LogP contribution in [0.3, 0.4) is 0 Å². The van der Waals surface area contributed by atoms with Crippen LogP contribution in [0.1, 0.15) is 11.1 Å². The summed E-state index contributed by atoms with van der Waals surface area (Å²) in [5, 5.41) is 0. The van der Waals surface area contributed by atoms with Gasteiger partial charge >= 0.3 is 0 Å². The van der Waals surface area contributed by atoms with E-state index >= 15 is 0 Å². The fourth-order valence-electron chi connectivity index (χ4n) is 11.0. The Morgan fingerprint density at radius 1 is 0.160 bits per heavy atom. The molecule has 75 heavy (non-hydrogen) atoms. The lowest BCUT2D eigenvalue weighted by atomic mass is 9.95. The average molecular weight is 957 g/mol. The molecule has 354 valence electrons. The summed E-state index contributed by atoms with van der Waals surface area (Å²) in [7, 11) is 0. The van der Waals surface area contributed by atoms with Crippen molar-refractivity contribution in [3.63, 3.8) is 0 Å². The van der Waals surface area contributed by atoms with Crippen molar-refractivity contribution in [2.24, 2.45) is 0 Å². The molecule has 0 heterocycles. The molecule has 2 nitrogen and oxygen atoms in total. The number of anilines is 6. The molecule has 0 aromatic heterocycles. The molecule has 12 aromatic rings. The molecule has 0 radical (unpaired) electrons. The van der Waals surface area contributed by atoms with Gasteiger partial charge in [0.05, 0.1) is 0 Å². The predicted octanol–water partition coefficient (Wildman–Crippen LogP) is 20.2. The Labute approximate surface area is 440 Å². The van der Waals surface area contributed by atoms with Crippen LogP contribution in [-0.4, -0.2) is 0 Å². The van der Waals surface area contributed by atoms with E-state index in [1.165, 1.54) is 89.0 Å². The summed E-state index contributed by atoms with van der Waals surface area (Å²) in [6.07, 6.45) is 0.863. The molecule has 0 unspecified atom stereocenters. The minimum atomic E-state index is 0.863. The summed E-state index contributed by atoms with van der Waals surface area (Å²) in [6.45, 7) is 0. The smallest absolute Gasteiger partial charge is 0.0462 e. The molecule has 1 aliphatic rings. The van der Waals surface area contributed by atoms with Gasteiger partial charge in [-0.3, -0.25) is 0 Å². The predicted molar refractivity (Wildman–Crippen MR) is 317 cm³/mol. The molecule has 0 saturated heterocycles. The first-order valence-corrected chi connectivity index (χ1v) is 25.9. The fourth-order valence-corrected chi connectivity index (χ4v) is 11.0. The molecule has 2 heteroatoms. The molecule has 0 fully saturated rings. The maximum Gasteiger partial charge on any atom is 0.0462 e. The summed E-state index contributed by atoms with van der Waals surface area (Å²) in [4.78, 5) is 4.72. The second kappa shape index (κ2) is 20.0. The van der Waals surface area contributed by atoms with Crippen molar-refractivity contribution in [1.82, 2.24) is 0 Å². The van der Waals surface area contributed by atoms with Gasteiger partial charge in [0.15, 0.2) is 0 Å². The van der Waals surface area contributed by atoms with Gasteiger partial charge in [-0.2, -0.15) is 0 Å². The van der Waals surface area contributed by atoms with Gasteiger partial charge in [-0.15, -0.1) is 0 Å². The van der Waals surface area contributed by atoms with Gasteiger partial charge < -0.3 is 9.80 Å². The topological polar surface area (TPSA) is 6.48 Å². The molecule has 0 aliphatic heterocycles. The molecule has 0 atom stereocenters. The van der Waals surface area contributed by atoms with Crippen LogP contribution in [0.25, 0.3) is 77.9 Å². The van der Waals surface area contributed by atoms with E-state index in [0.29, 0.717) is 0 Å². The van der Waals surface area contributed by atoms with E-state index in [9.17, 15) is 0 Å². The Hall–Kier alpha value is -9.76. The van der Waals surface area contributed by atoms with Crippen LogP contribution in [0.5, 0.6) is 0 Å². The standard InChI is InChI=1S/C73H52N2/c1-5-15-52(16-6-1)56-27-39-62(40-28-56)74(63-41-29-57(30-42-63)53-17-7-2-8-18-53)66-47-35-60(36-48-66)68-23-13-25-70-71-26-14-24-69(73(71)51-72(68)70)61-37-49-67(50-38-61)75(64-43-31-58(32-44-64)54-19-9-3-10-20-54)65-45-33-59(34-46-65)55-21-11-4-12-22-55/h1-50H,51H2. The highest BCUT2D eigenvalue weighted by atomic mass is 15.1. The number of fused-ring (bicyclic) bond motifs is 3. The highest BCUT2D eigenvalue weighted by Gasteiger charge is 2.25. The van der Waals surface area contributed by atoms with Gasteiger partial charge in [0, 0.05) is 34.1 Å². The van der Waals surface area contributed by atoms with Crippen LogP contribution in [0, 0.1) is 0 Å². The normalized spacial score (nSPS) is 11.4. The largest absolute Gasteiger partial charge is 0.311 e. The van der Waals surface area contributed by atoms with E-state index in [2.05, 4.69) is 313 Å². The van der Waals surface area contributed by atoms with Crippen molar-refractivity contribution < 1.29 is 0 Å². The van der Waals surface area contributed by atoms with Gasteiger partial charge in [-0.05, 0) is 168 Å². The number of nitrogens with zero attached hydrogens (tertiary/aromatic N) is 2. The minimum Gasteiger partial charge on any atom is -0.311 e. The summed E-state index contributed by atoms with van der Waals surface area (Å²) < 4.78 is 0. The van der Waals surface area contributed by atoms with Crippen molar-refractivity contribution >= 4 is 34.1 Å². The zero-order valence-electron chi connectivity index (χ0n) is 41.5. The van der Waals surface area contributed by atoms with Gasteiger partial charge in [0.1, 0.15) is 0 Å². The lowest BCUT2D eigenvalue weighted by molar-refractivity contribution is 1.26. The Morgan fingerprint density at radius 3 is 0.600 bits per heavy atom. The van der Waals surface area contributed by atoms with Crippen molar-refractivity contribution in [3.8, 4) is 77.9 Å². The monoisotopic (exact) mass is 956 g/mol. The minimum absolute atomic E-state index is 0.863. The van der Waals surface area contributed by atoms with Gasteiger partial charge in [-0.1, -0.05) is 231 Å². The Balaban J connectivity index is 0.802. The zero-order valence-corrected chi connectivity index (χ0v) is 41.5. The Morgan fingerprint density at radius 2 is 0.360 bits per heavy atom. The molecule has 0 saturated carbocycles. The Kier molecular flexibility index (Phi) is 12.1. The van der Waals surface area contributed by atoms with Crippen LogP contribution >= 0.6 is 0 Å². The van der Waals surface area contributed by atoms with E-state index in [1.807, 2.05) is 0 Å². The van der Waals surface area contributed by atoms with Crippen molar-refractivity contribution in [2.45, 2.75) is 6.42 Å². The lowest BCUT2D eigenvalue weighted by Crippen LogP contribution is -2.09. The SMILES string of the molecule is c1ccc(-c2ccc(N(c3ccc(-c4ccccc4)cc3)c3ccc(-c4cccc5c4Cc4c(-c6ccc(N(c7ccc(-c8ccccc8)cc7)c7ccc(-c8ccccc8)cc7)cc6)cccc4-5)cc3)cc2)cc1. The highest BCUT2D eigenvalue weighted by Crippen LogP contribution is 2.47. The fraction of sp³-hybridized carbons (Fsp3) is 0.0137. The van der Waals surface area contributed by atoms with Gasteiger partial charge in [0.25, 0.3) is 0 Å². The van der Waals surface area contributed by atoms with Crippen molar-refractivity contribution in [3.05, 3.63) is 314 Å². The van der Waals surface area contributed by atoms with E-state index in [4.69, 9.17) is 0 Å². The van der Waals surface area contributed by atoms with E-state index < -0.39 is 0 Å². The number of hydrogen-bond donors (Lipinski definition) is 0. The maximum atomic E-state index is 2.36. The zero-order chi connectivity index (χ0) is 49.9. The van der Waals surface area contributed by atoms with E-state index in [0.717, 1.165) is 40.5 Å². The third kappa shape index (κ3) is 9.00. The molecule has 12 aromatic carbocycles. The van der Waals surface area contributed by atoms with Gasteiger partial charge in [-0.25, -0.2) is 0 Å². The number of rotatable bonds is 12. The summed E-state index contributed by atoms with van der Waals surface area (Å²) in [6, 6.07) is 110. The third-order valence-electron chi connectivity index (χ3n) is 14.8. The molecule has 0 N–H and O–H groups in total. The second-order valence-electron chi connectivity index (χ2n) is 19.3. The average Bonchev–Trinajstić information content (AvgIpc) is 3.90. The van der Waals surface area contributed by atoms with E-state index in [1.54, 1.807) is 0 Å². The van der Waals surface area contributed by atoms with E-state index in [-0.39, 0.29) is 0 Å². The lowest BCUT2D eigenvalue weighted by Gasteiger charge is -2.26. The van der Waals surface area contributed by atoms with Crippen LogP contribution in [0.4, 0.5) is 34.1 Å². The molecular formula is C73H52N2. The summed E-state index contributed by atoms with van der Waals surface area (Å²) in [5.74, 6) is 0. The first kappa shape index (κ1) is 45.1. The first-order valence-electron chi connectivity index (χ1n) is 25.9. The molecule has 1 aliphatic carbocycles. The van der Waals surface area contributed by atoms with Crippen LogP contribution in [0.2, 0.25) is 0 Å². The van der Waals surface area contributed by atoms with Crippen LogP contribution in [0.15, 0.2) is 303 Å². The number of hydrogen-bond acceptors (Lipinski definition) is 2. The van der Waals surface area contributed by atoms with Crippen LogP contribution in [-0.2, 0) is 6.42 Å². The second-order valence-corrected chi connectivity index (χ2v) is 19.3. The van der Waals surface area contributed by atoms with Crippen molar-refractivity contribution in [2.75, 3.05) is 9.80 Å². The summed E-state index contributed by atoms with van der Waals surface area (Å²) >= 11 is 0. The Bertz CT molecular complexity index is 3450. The molecule has 0 spiro atoms. The summed E-state index contributed by atoms with van der Waals surface area (Å²) in [5.41, 5.74) is 26.6. The molecule has 13 rings (SSSR count). The molecule has 0 bridgehead atoms.